The number of pyridine rings is 1. The average molecular weight is 766 g/mol. The summed E-state index contributed by atoms with van der Waals surface area (Å²) in [5.74, 6) is 0.875. The molecule has 5 heteroatoms. The maximum Gasteiger partial charge on any atom is 0.148 e. The molecular weight excluding hydrogens is 734 g/mol. The van der Waals surface area contributed by atoms with E-state index in [2.05, 4.69) is 92.1 Å². The molecule has 0 aliphatic carbocycles. The molecule has 0 atom stereocenters. The molecule has 0 aliphatic heterocycles. The van der Waals surface area contributed by atoms with Gasteiger partial charge < -0.3 is 5.11 Å². The molecular formula is C40H32N3OPt-. The van der Waals surface area contributed by atoms with Gasteiger partial charge in [-0.05, 0) is 58.5 Å². The number of rotatable bonds is 5. The minimum Gasteiger partial charge on any atom is -0.507 e. The third-order valence-corrected chi connectivity index (χ3v) is 8.01. The number of phenols is 1. The monoisotopic (exact) mass is 765 g/mol. The van der Waals surface area contributed by atoms with Crippen LogP contribution in [0.4, 0.5) is 0 Å². The van der Waals surface area contributed by atoms with Gasteiger partial charge >= 0.3 is 0 Å². The molecule has 0 amide bonds. The van der Waals surface area contributed by atoms with Crippen molar-refractivity contribution in [2.45, 2.75) is 26.2 Å². The summed E-state index contributed by atoms with van der Waals surface area (Å²) in [5, 5.41) is 10.9. The van der Waals surface area contributed by atoms with Gasteiger partial charge in [0.2, 0.25) is 0 Å². The summed E-state index contributed by atoms with van der Waals surface area (Å²) in [5.41, 5.74) is 10.5. The average Bonchev–Trinajstić information content (AvgIpc) is 3.44. The first kappa shape index (κ1) is 30.2. The first-order chi connectivity index (χ1) is 21.4. The zero-order chi connectivity index (χ0) is 30.3. The van der Waals surface area contributed by atoms with Crippen molar-refractivity contribution in [3.8, 4) is 56.3 Å². The molecule has 4 nitrogen and oxygen atoms in total. The summed E-state index contributed by atoms with van der Waals surface area (Å²) in [6, 6.07) is 46.5. The van der Waals surface area contributed by atoms with Gasteiger partial charge in [0.1, 0.15) is 11.6 Å². The van der Waals surface area contributed by atoms with E-state index >= 15 is 0 Å². The second-order valence-corrected chi connectivity index (χ2v) is 12.0. The summed E-state index contributed by atoms with van der Waals surface area (Å²) in [6.07, 6.45) is 1.86. The van der Waals surface area contributed by atoms with Crippen LogP contribution in [0, 0.1) is 6.07 Å². The van der Waals surface area contributed by atoms with Crippen LogP contribution in [-0.2, 0) is 26.5 Å². The first-order valence-electron chi connectivity index (χ1n) is 14.8. The molecule has 0 fully saturated rings. The van der Waals surface area contributed by atoms with Crippen LogP contribution < -0.4 is 0 Å². The van der Waals surface area contributed by atoms with E-state index in [1.54, 1.807) is 6.07 Å². The smallest absolute Gasteiger partial charge is 0.148 e. The number of fused-ring (bicyclic) bond motifs is 1. The van der Waals surface area contributed by atoms with Crippen LogP contribution in [0.3, 0.4) is 0 Å². The number of hydrogen-bond donors (Lipinski definition) is 1. The Balaban J connectivity index is 0.00000357. The van der Waals surface area contributed by atoms with E-state index < -0.39 is 0 Å². The zero-order valence-electron chi connectivity index (χ0n) is 25.3. The molecule has 5 aromatic carbocycles. The van der Waals surface area contributed by atoms with Gasteiger partial charge in [-0.1, -0.05) is 105 Å². The second-order valence-electron chi connectivity index (χ2n) is 12.0. The quantitative estimate of drug-likeness (QED) is 0.178. The third kappa shape index (κ3) is 5.86. The van der Waals surface area contributed by atoms with Gasteiger partial charge in [0.25, 0.3) is 0 Å². The van der Waals surface area contributed by atoms with Crippen LogP contribution in [0.15, 0.2) is 134 Å². The molecule has 0 spiro atoms. The van der Waals surface area contributed by atoms with Crippen LogP contribution in [0.5, 0.6) is 5.75 Å². The minimum absolute atomic E-state index is 0. The van der Waals surface area contributed by atoms with Crippen LogP contribution >= 0.6 is 0 Å². The molecule has 7 aromatic rings. The van der Waals surface area contributed by atoms with Gasteiger partial charge in [0.05, 0.1) is 16.6 Å². The SMILES string of the molecule is CC(C)(C)c1cc(-c2[c-]c(-c3cc(-c4ccccc4)ccn3)ccc2)c2nc(-c3ccccc3O)n(-c3ccccc3)c2c1.[Pt]. The van der Waals surface area contributed by atoms with Gasteiger partial charge in [0.15, 0.2) is 0 Å². The van der Waals surface area contributed by atoms with Crippen molar-refractivity contribution in [2.24, 2.45) is 0 Å². The summed E-state index contributed by atoms with van der Waals surface area (Å²) in [7, 11) is 0. The number of para-hydroxylation sites is 2. The number of phenolic OH excluding ortho intramolecular Hbond substituents is 1. The fourth-order valence-electron chi connectivity index (χ4n) is 5.66. The van der Waals surface area contributed by atoms with Crippen molar-refractivity contribution in [1.82, 2.24) is 14.5 Å². The Morgan fingerprint density at radius 3 is 2.09 bits per heavy atom. The van der Waals surface area contributed by atoms with E-state index in [4.69, 9.17) is 9.97 Å². The first-order valence-corrected chi connectivity index (χ1v) is 14.8. The number of nitrogens with zero attached hydrogens (tertiary/aromatic N) is 3. The molecule has 0 bridgehead atoms. The fourth-order valence-corrected chi connectivity index (χ4v) is 5.66. The maximum atomic E-state index is 10.9. The number of benzene rings is 5. The van der Waals surface area contributed by atoms with Crippen LogP contribution in [0.25, 0.3) is 61.6 Å². The molecule has 1 N–H and O–H groups in total. The Morgan fingerprint density at radius 1 is 0.667 bits per heavy atom. The van der Waals surface area contributed by atoms with E-state index in [9.17, 15) is 5.11 Å². The molecule has 0 saturated heterocycles. The van der Waals surface area contributed by atoms with Crippen LogP contribution in [-0.4, -0.2) is 19.6 Å². The summed E-state index contributed by atoms with van der Waals surface area (Å²) < 4.78 is 2.15. The van der Waals surface area contributed by atoms with Crippen LogP contribution in [0.2, 0.25) is 0 Å². The Bertz CT molecular complexity index is 2110. The molecule has 0 aliphatic rings. The topological polar surface area (TPSA) is 50.9 Å². The van der Waals surface area contributed by atoms with Crippen molar-refractivity contribution < 1.29 is 26.2 Å². The van der Waals surface area contributed by atoms with Gasteiger partial charge in [0, 0.05) is 38.6 Å². The molecule has 0 unspecified atom stereocenters. The zero-order valence-corrected chi connectivity index (χ0v) is 27.6. The maximum absolute atomic E-state index is 10.9. The summed E-state index contributed by atoms with van der Waals surface area (Å²) in [6.45, 7) is 6.68. The summed E-state index contributed by atoms with van der Waals surface area (Å²) >= 11 is 0. The van der Waals surface area contributed by atoms with E-state index in [-0.39, 0.29) is 32.2 Å². The summed E-state index contributed by atoms with van der Waals surface area (Å²) in [4.78, 5) is 9.96. The standard InChI is InChI=1S/C40H32N3O.Pt/c1-40(2,3)31-25-34(29-15-12-16-30(23-29)35-24-28(21-22-41-35)27-13-6-4-7-14-27)38-36(26-31)43(32-17-8-5-9-18-32)39(42-38)33-19-10-11-20-37(33)44;/h4-22,24-26,44H,1-3H3;/q-1;. The molecule has 7 rings (SSSR count). The Kier molecular flexibility index (Phi) is 8.27. The van der Waals surface area contributed by atoms with E-state index in [1.807, 2.05) is 66.9 Å². The van der Waals surface area contributed by atoms with Crippen molar-refractivity contribution >= 4 is 11.0 Å². The van der Waals surface area contributed by atoms with Gasteiger partial charge in [-0.3, -0.25) is 9.55 Å². The molecule has 0 saturated carbocycles. The third-order valence-electron chi connectivity index (χ3n) is 8.01. The van der Waals surface area contributed by atoms with E-state index in [1.165, 1.54) is 5.56 Å². The molecule has 2 aromatic heterocycles. The normalized spacial score (nSPS) is 11.4. The predicted molar refractivity (Wildman–Crippen MR) is 180 cm³/mol. The van der Waals surface area contributed by atoms with E-state index in [0.717, 1.165) is 50.2 Å². The van der Waals surface area contributed by atoms with Crippen molar-refractivity contribution in [1.29, 1.82) is 0 Å². The predicted octanol–water partition coefficient (Wildman–Crippen LogP) is 9.89. The second kappa shape index (κ2) is 12.3. The van der Waals surface area contributed by atoms with Gasteiger partial charge in [-0.25, -0.2) is 4.98 Å². The fraction of sp³-hybridized carbons (Fsp3) is 0.100. The number of imidazole rings is 1. The van der Waals surface area contributed by atoms with Crippen LogP contribution in [0.1, 0.15) is 26.3 Å². The molecule has 224 valence electrons. The Hall–Kier alpha value is -4.79. The van der Waals surface area contributed by atoms with Gasteiger partial charge in [-0.2, -0.15) is 0 Å². The van der Waals surface area contributed by atoms with Crippen molar-refractivity contribution in [3.05, 3.63) is 145 Å². The largest absolute Gasteiger partial charge is 0.507 e. The van der Waals surface area contributed by atoms with Crippen molar-refractivity contribution in [2.75, 3.05) is 0 Å². The number of aromatic nitrogens is 3. The van der Waals surface area contributed by atoms with Crippen molar-refractivity contribution in [3.63, 3.8) is 0 Å². The molecule has 45 heavy (non-hydrogen) atoms. The Morgan fingerprint density at radius 2 is 1.36 bits per heavy atom. The minimum atomic E-state index is -0.118. The number of hydrogen-bond acceptors (Lipinski definition) is 3. The van der Waals surface area contributed by atoms with Gasteiger partial charge in [-0.15, -0.1) is 29.8 Å². The molecule has 2 heterocycles. The molecule has 0 radical (unpaired) electrons. The van der Waals surface area contributed by atoms with E-state index in [0.29, 0.717) is 11.4 Å². The number of aromatic hydroxyl groups is 1. The Labute approximate surface area is 278 Å².